The Morgan fingerprint density at radius 1 is 1.25 bits per heavy atom. The zero-order valence-electron chi connectivity index (χ0n) is 11.7. The van der Waals surface area contributed by atoms with Crippen LogP contribution in [0.1, 0.15) is 25.3 Å². The second-order valence-electron chi connectivity index (χ2n) is 4.54. The topological polar surface area (TPSA) is 66.8 Å². The molecule has 5 heteroatoms. The molecule has 0 saturated carbocycles. The Labute approximate surface area is 119 Å². The highest BCUT2D eigenvalue weighted by Gasteiger charge is 2.17. The van der Waals surface area contributed by atoms with Gasteiger partial charge in [-0.15, -0.1) is 0 Å². The maximum Gasteiger partial charge on any atom is 0.323 e. The van der Waals surface area contributed by atoms with E-state index >= 15 is 0 Å². The van der Waals surface area contributed by atoms with E-state index in [2.05, 4.69) is 0 Å². The number of carbonyl (C=O) groups is 2. The van der Waals surface area contributed by atoms with Crippen LogP contribution in [0.4, 0.5) is 0 Å². The lowest BCUT2D eigenvalue weighted by Crippen LogP contribution is -2.37. The van der Waals surface area contributed by atoms with Crippen LogP contribution in [0.3, 0.4) is 0 Å². The molecule has 1 aromatic rings. The van der Waals surface area contributed by atoms with Gasteiger partial charge in [0.15, 0.2) is 0 Å². The van der Waals surface area contributed by atoms with E-state index < -0.39 is 5.97 Å². The third-order valence-corrected chi connectivity index (χ3v) is 2.76. The molecule has 0 bridgehead atoms. The molecule has 1 N–H and O–H groups in total. The second-order valence-corrected chi connectivity index (χ2v) is 4.54. The molecule has 0 heterocycles. The Balaban J connectivity index is 2.54. The number of nitrogens with zero attached hydrogens (tertiary/aromatic N) is 1. The van der Waals surface area contributed by atoms with E-state index in [1.807, 2.05) is 37.3 Å². The van der Waals surface area contributed by atoms with Crippen LogP contribution in [0.15, 0.2) is 30.3 Å². The summed E-state index contributed by atoms with van der Waals surface area (Å²) in [5.74, 6) is -1.32. The number of unbranched alkanes of at least 4 members (excludes halogenated alkanes) is 1. The van der Waals surface area contributed by atoms with Gasteiger partial charge in [0.05, 0.1) is 0 Å². The van der Waals surface area contributed by atoms with Gasteiger partial charge in [-0.2, -0.15) is 0 Å². The van der Waals surface area contributed by atoms with E-state index in [1.54, 1.807) is 0 Å². The molecule has 1 aromatic carbocycles. The summed E-state index contributed by atoms with van der Waals surface area (Å²) < 4.78 is 5.25. The Hall–Kier alpha value is -1.88. The average Bonchev–Trinajstić information content (AvgIpc) is 2.43. The monoisotopic (exact) mass is 279 g/mol. The van der Waals surface area contributed by atoms with Crippen LogP contribution in [-0.2, 0) is 20.9 Å². The molecule has 0 unspecified atom stereocenters. The van der Waals surface area contributed by atoms with Crippen LogP contribution in [-0.4, -0.2) is 41.6 Å². The largest absolute Gasteiger partial charge is 0.480 e. The molecule has 0 aliphatic rings. The number of amides is 1. The van der Waals surface area contributed by atoms with Crippen LogP contribution in [0.2, 0.25) is 0 Å². The highest BCUT2D eigenvalue weighted by molar-refractivity contribution is 5.82. The molecule has 0 aromatic heterocycles. The Bertz CT molecular complexity index is 419. The van der Waals surface area contributed by atoms with Gasteiger partial charge in [0.1, 0.15) is 13.2 Å². The van der Waals surface area contributed by atoms with E-state index in [9.17, 15) is 9.59 Å². The van der Waals surface area contributed by atoms with Crippen molar-refractivity contribution >= 4 is 11.9 Å². The van der Waals surface area contributed by atoms with Crippen molar-refractivity contribution in [3.05, 3.63) is 35.9 Å². The Morgan fingerprint density at radius 2 is 1.95 bits per heavy atom. The van der Waals surface area contributed by atoms with Gasteiger partial charge in [0.25, 0.3) is 0 Å². The SMILES string of the molecule is CCCCOCC(=O)N(CC(=O)O)Cc1ccccc1. The minimum absolute atomic E-state index is 0.0693. The predicted molar refractivity (Wildman–Crippen MR) is 75.2 cm³/mol. The van der Waals surface area contributed by atoms with Gasteiger partial charge in [-0.25, -0.2) is 0 Å². The highest BCUT2D eigenvalue weighted by atomic mass is 16.5. The standard InChI is InChI=1S/C15H21NO4/c1-2-3-9-20-12-14(17)16(11-15(18)19)10-13-7-5-4-6-8-13/h4-8H,2-3,9-12H2,1H3,(H,18,19). The lowest BCUT2D eigenvalue weighted by atomic mass is 10.2. The maximum absolute atomic E-state index is 12.0. The lowest BCUT2D eigenvalue weighted by molar-refractivity contribution is -0.147. The smallest absolute Gasteiger partial charge is 0.323 e. The summed E-state index contributed by atoms with van der Waals surface area (Å²) >= 11 is 0. The van der Waals surface area contributed by atoms with E-state index in [-0.39, 0.29) is 25.6 Å². The van der Waals surface area contributed by atoms with Gasteiger partial charge in [0.2, 0.25) is 5.91 Å². The third-order valence-electron chi connectivity index (χ3n) is 2.76. The molecule has 20 heavy (non-hydrogen) atoms. The number of carboxylic acids is 1. The molecular weight excluding hydrogens is 258 g/mol. The first-order valence-electron chi connectivity index (χ1n) is 6.74. The van der Waals surface area contributed by atoms with Crippen molar-refractivity contribution in [1.29, 1.82) is 0 Å². The number of aliphatic carboxylic acids is 1. The van der Waals surface area contributed by atoms with Crippen LogP contribution in [0.25, 0.3) is 0 Å². The highest BCUT2D eigenvalue weighted by Crippen LogP contribution is 2.05. The van der Waals surface area contributed by atoms with E-state index in [4.69, 9.17) is 9.84 Å². The molecule has 5 nitrogen and oxygen atoms in total. The van der Waals surface area contributed by atoms with Crippen molar-refractivity contribution in [2.75, 3.05) is 19.8 Å². The minimum Gasteiger partial charge on any atom is -0.480 e. The normalized spacial score (nSPS) is 10.2. The summed E-state index contributed by atoms with van der Waals surface area (Å²) in [5.41, 5.74) is 0.899. The molecule has 0 aliphatic heterocycles. The second kappa shape index (κ2) is 9.09. The molecule has 0 fully saturated rings. The van der Waals surface area contributed by atoms with Crippen LogP contribution in [0, 0.1) is 0 Å². The minimum atomic E-state index is -1.03. The van der Waals surface area contributed by atoms with Gasteiger partial charge < -0.3 is 14.7 Å². The number of hydrogen-bond acceptors (Lipinski definition) is 3. The van der Waals surface area contributed by atoms with Crippen LogP contribution >= 0.6 is 0 Å². The van der Waals surface area contributed by atoms with Gasteiger partial charge in [-0.3, -0.25) is 9.59 Å². The van der Waals surface area contributed by atoms with Gasteiger partial charge in [-0.05, 0) is 12.0 Å². The zero-order chi connectivity index (χ0) is 14.8. The number of carboxylic acid groups (broad SMARTS) is 1. The average molecular weight is 279 g/mol. The Morgan fingerprint density at radius 3 is 2.55 bits per heavy atom. The van der Waals surface area contributed by atoms with Crippen molar-refractivity contribution in [3.8, 4) is 0 Å². The van der Waals surface area contributed by atoms with E-state index in [0.29, 0.717) is 6.61 Å². The summed E-state index contributed by atoms with van der Waals surface area (Å²) in [5, 5.41) is 8.89. The Kier molecular flexibility index (Phi) is 7.35. The van der Waals surface area contributed by atoms with Gasteiger partial charge in [-0.1, -0.05) is 43.7 Å². The molecule has 0 spiro atoms. The summed E-state index contributed by atoms with van der Waals surface area (Å²) in [7, 11) is 0. The summed E-state index contributed by atoms with van der Waals surface area (Å²) in [4.78, 5) is 24.1. The summed E-state index contributed by atoms with van der Waals surface area (Å²) in [6, 6.07) is 9.31. The number of rotatable bonds is 9. The first kappa shape index (κ1) is 16.2. The van der Waals surface area contributed by atoms with E-state index in [0.717, 1.165) is 18.4 Å². The fraction of sp³-hybridized carbons (Fsp3) is 0.467. The molecule has 1 rings (SSSR count). The number of ether oxygens (including phenoxy) is 1. The van der Waals surface area contributed by atoms with Crippen molar-refractivity contribution < 1.29 is 19.4 Å². The van der Waals surface area contributed by atoms with Crippen LogP contribution < -0.4 is 0 Å². The summed E-state index contributed by atoms with van der Waals surface area (Å²) in [6.07, 6.45) is 1.89. The van der Waals surface area contributed by atoms with Crippen molar-refractivity contribution in [3.63, 3.8) is 0 Å². The first-order chi connectivity index (χ1) is 9.63. The fourth-order valence-electron chi connectivity index (χ4n) is 1.70. The molecular formula is C15H21NO4. The molecule has 110 valence electrons. The molecule has 0 radical (unpaired) electrons. The molecule has 0 saturated heterocycles. The number of hydrogen-bond donors (Lipinski definition) is 1. The number of carbonyl (C=O) groups excluding carboxylic acids is 1. The third kappa shape index (κ3) is 6.33. The van der Waals surface area contributed by atoms with Crippen molar-refractivity contribution in [2.24, 2.45) is 0 Å². The zero-order valence-corrected chi connectivity index (χ0v) is 11.7. The van der Waals surface area contributed by atoms with Crippen molar-refractivity contribution in [1.82, 2.24) is 4.90 Å². The summed E-state index contributed by atoms with van der Waals surface area (Å²) in [6.45, 7) is 2.46. The molecule has 0 aliphatic carbocycles. The number of benzene rings is 1. The fourth-order valence-corrected chi connectivity index (χ4v) is 1.70. The quantitative estimate of drug-likeness (QED) is 0.701. The lowest BCUT2D eigenvalue weighted by Gasteiger charge is -2.20. The molecule has 0 atom stereocenters. The molecule has 1 amide bonds. The maximum atomic E-state index is 12.0. The first-order valence-corrected chi connectivity index (χ1v) is 6.74. The predicted octanol–water partition coefficient (Wildman–Crippen LogP) is 1.92. The van der Waals surface area contributed by atoms with Crippen LogP contribution in [0.5, 0.6) is 0 Å². The van der Waals surface area contributed by atoms with Crippen molar-refractivity contribution in [2.45, 2.75) is 26.3 Å². The van der Waals surface area contributed by atoms with Gasteiger partial charge >= 0.3 is 5.97 Å². The van der Waals surface area contributed by atoms with Gasteiger partial charge in [0, 0.05) is 13.2 Å². The van der Waals surface area contributed by atoms with E-state index in [1.165, 1.54) is 4.90 Å².